The first kappa shape index (κ1) is 14.1. The maximum atomic E-state index is 13.6. The molecule has 0 radical (unpaired) electrons. The minimum Gasteiger partial charge on any atom is -0.364 e. The number of aryl methyl sites for hydroxylation is 1. The summed E-state index contributed by atoms with van der Waals surface area (Å²) >= 11 is 0. The largest absolute Gasteiger partial charge is 0.364 e. The number of rotatable bonds is 3. The third kappa shape index (κ3) is 2.79. The predicted molar refractivity (Wildman–Crippen MR) is 84.7 cm³/mol. The summed E-state index contributed by atoms with van der Waals surface area (Å²) < 4.78 is 13.6. The van der Waals surface area contributed by atoms with Gasteiger partial charge in [0.2, 0.25) is 0 Å². The molecule has 3 heteroatoms. The van der Waals surface area contributed by atoms with Crippen LogP contribution >= 0.6 is 0 Å². The Morgan fingerprint density at radius 2 is 2.00 bits per heavy atom. The highest BCUT2D eigenvalue weighted by Gasteiger charge is 2.23. The number of halogens is 1. The lowest BCUT2D eigenvalue weighted by molar-refractivity contribution is 0.556. The Kier molecular flexibility index (Phi) is 3.93. The van der Waals surface area contributed by atoms with E-state index in [1.807, 2.05) is 0 Å². The highest BCUT2D eigenvalue weighted by molar-refractivity contribution is 5.57. The number of nitrogens with zero attached hydrogens (tertiary/aromatic N) is 1. The second kappa shape index (κ2) is 5.86. The summed E-state index contributed by atoms with van der Waals surface area (Å²) in [5, 5.41) is 0. The minimum atomic E-state index is -0.194. The highest BCUT2D eigenvalue weighted by atomic mass is 19.1. The van der Waals surface area contributed by atoms with E-state index in [0.29, 0.717) is 19.1 Å². The number of para-hydroxylation sites is 1. The molecule has 2 N–H and O–H groups in total. The van der Waals surface area contributed by atoms with Crippen molar-refractivity contribution in [1.82, 2.24) is 0 Å². The van der Waals surface area contributed by atoms with Gasteiger partial charge < -0.3 is 10.6 Å². The molecule has 1 atom stereocenters. The van der Waals surface area contributed by atoms with Gasteiger partial charge in [-0.1, -0.05) is 24.3 Å². The van der Waals surface area contributed by atoms with Gasteiger partial charge in [-0.3, -0.25) is 0 Å². The highest BCUT2D eigenvalue weighted by Crippen LogP contribution is 2.32. The van der Waals surface area contributed by atoms with Gasteiger partial charge in [-0.25, -0.2) is 4.39 Å². The molecule has 1 aliphatic heterocycles. The molecule has 1 unspecified atom stereocenters. The molecule has 2 aromatic carbocycles. The van der Waals surface area contributed by atoms with Gasteiger partial charge in [-0.15, -0.1) is 0 Å². The lowest BCUT2D eigenvalue weighted by Crippen LogP contribution is -2.37. The van der Waals surface area contributed by atoms with Crippen molar-refractivity contribution in [2.75, 3.05) is 4.90 Å². The van der Waals surface area contributed by atoms with Gasteiger partial charge in [0, 0.05) is 24.8 Å². The molecule has 0 aromatic heterocycles. The van der Waals surface area contributed by atoms with Gasteiger partial charge in [-0.05, 0) is 54.7 Å². The normalized spacial score (nSPS) is 17.7. The van der Waals surface area contributed by atoms with Crippen molar-refractivity contribution in [3.05, 3.63) is 65.0 Å². The van der Waals surface area contributed by atoms with Crippen LogP contribution in [0.4, 0.5) is 10.1 Å². The van der Waals surface area contributed by atoms with Crippen LogP contribution in [0, 0.1) is 5.82 Å². The van der Waals surface area contributed by atoms with Crippen LogP contribution in [0.2, 0.25) is 0 Å². The van der Waals surface area contributed by atoms with E-state index >= 15 is 0 Å². The second-order valence-electron chi connectivity index (χ2n) is 5.76. The molecule has 21 heavy (non-hydrogen) atoms. The Labute approximate surface area is 125 Å². The monoisotopic (exact) mass is 284 g/mol. The topological polar surface area (TPSA) is 29.3 Å². The van der Waals surface area contributed by atoms with Crippen LogP contribution in [0.1, 0.15) is 30.0 Å². The molecular formula is C18H21FN2. The average molecular weight is 284 g/mol. The molecule has 1 heterocycles. The van der Waals surface area contributed by atoms with Crippen LogP contribution in [0.3, 0.4) is 0 Å². The Bertz CT molecular complexity index is 639. The Morgan fingerprint density at radius 1 is 1.19 bits per heavy atom. The van der Waals surface area contributed by atoms with Gasteiger partial charge >= 0.3 is 0 Å². The maximum absolute atomic E-state index is 13.6. The third-order valence-electron chi connectivity index (χ3n) is 4.39. The molecule has 0 aliphatic carbocycles. The first-order valence-electron chi connectivity index (χ1n) is 7.51. The van der Waals surface area contributed by atoms with E-state index in [-0.39, 0.29) is 5.82 Å². The fourth-order valence-corrected chi connectivity index (χ4v) is 3.13. The molecule has 110 valence electrons. The number of anilines is 1. The van der Waals surface area contributed by atoms with Crippen LogP contribution in [-0.4, -0.2) is 6.04 Å². The van der Waals surface area contributed by atoms with Crippen LogP contribution < -0.4 is 10.6 Å². The van der Waals surface area contributed by atoms with Gasteiger partial charge in [-0.2, -0.15) is 0 Å². The molecule has 0 saturated carbocycles. The van der Waals surface area contributed by atoms with E-state index in [2.05, 4.69) is 36.1 Å². The van der Waals surface area contributed by atoms with Crippen molar-refractivity contribution in [3.8, 4) is 0 Å². The Morgan fingerprint density at radius 3 is 2.81 bits per heavy atom. The van der Waals surface area contributed by atoms with Crippen molar-refractivity contribution >= 4 is 5.69 Å². The Hall–Kier alpha value is -1.87. The smallest absolute Gasteiger partial charge is 0.123 e. The molecule has 0 saturated heterocycles. The van der Waals surface area contributed by atoms with Crippen LogP contribution in [0.25, 0.3) is 0 Å². The zero-order valence-corrected chi connectivity index (χ0v) is 12.3. The van der Waals surface area contributed by atoms with Gasteiger partial charge in [0.15, 0.2) is 0 Å². The number of nitrogens with two attached hydrogens (primary N) is 1. The van der Waals surface area contributed by atoms with Crippen molar-refractivity contribution in [1.29, 1.82) is 0 Å². The molecule has 3 rings (SSSR count). The average Bonchev–Trinajstić information content (AvgIpc) is 2.50. The van der Waals surface area contributed by atoms with Crippen molar-refractivity contribution in [3.63, 3.8) is 0 Å². The van der Waals surface area contributed by atoms with Crippen LogP contribution in [0.15, 0.2) is 42.5 Å². The molecule has 0 spiro atoms. The SMILES string of the molecule is CC1CCc2ccccc2N1Cc1cc(F)ccc1CN. The van der Waals surface area contributed by atoms with E-state index in [0.717, 1.165) is 24.0 Å². The molecule has 1 aliphatic rings. The lowest BCUT2D eigenvalue weighted by Gasteiger charge is -2.37. The molecule has 2 aromatic rings. The zero-order chi connectivity index (χ0) is 14.8. The minimum absolute atomic E-state index is 0.194. The summed E-state index contributed by atoms with van der Waals surface area (Å²) in [6, 6.07) is 13.8. The van der Waals surface area contributed by atoms with E-state index in [4.69, 9.17) is 5.73 Å². The van der Waals surface area contributed by atoms with Crippen molar-refractivity contribution in [2.24, 2.45) is 5.73 Å². The summed E-state index contributed by atoms with van der Waals surface area (Å²) in [5.74, 6) is -0.194. The fourth-order valence-electron chi connectivity index (χ4n) is 3.13. The molecule has 0 bridgehead atoms. The second-order valence-corrected chi connectivity index (χ2v) is 5.76. The lowest BCUT2D eigenvalue weighted by atomic mass is 9.95. The molecule has 0 amide bonds. The number of hydrogen-bond acceptors (Lipinski definition) is 2. The zero-order valence-electron chi connectivity index (χ0n) is 12.3. The first-order chi connectivity index (χ1) is 10.2. The quantitative estimate of drug-likeness (QED) is 0.932. The maximum Gasteiger partial charge on any atom is 0.123 e. The number of hydrogen-bond donors (Lipinski definition) is 1. The summed E-state index contributed by atoms with van der Waals surface area (Å²) in [5.41, 5.74) is 10.4. The van der Waals surface area contributed by atoms with Crippen LogP contribution in [-0.2, 0) is 19.5 Å². The van der Waals surface area contributed by atoms with E-state index in [1.54, 1.807) is 12.1 Å². The predicted octanol–water partition coefficient (Wildman–Crippen LogP) is 3.63. The molecule has 0 fully saturated rings. The summed E-state index contributed by atoms with van der Waals surface area (Å²) in [4.78, 5) is 2.37. The Balaban J connectivity index is 1.96. The van der Waals surface area contributed by atoms with E-state index in [1.165, 1.54) is 17.3 Å². The van der Waals surface area contributed by atoms with Gasteiger partial charge in [0.1, 0.15) is 5.82 Å². The fraction of sp³-hybridized carbons (Fsp3) is 0.333. The number of benzene rings is 2. The summed E-state index contributed by atoms with van der Waals surface area (Å²) in [6.07, 6.45) is 2.24. The van der Waals surface area contributed by atoms with E-state index < -0.39 is 0 Å². The summed E-state index contributed by atoms with van der Waals surface area (Å²) in [7, 11) is 0. The third-order valence-corrected chi connectivity index (χ3v) is 4.39. The van der Waals surface area contributed by atoms with Gasteiger partial charge in [0.25, 0.3) is 0 Å². The number of fused-ring (bicyclic) bond motifs is 1. The molecular weight excluding hydrogens is 263 g/mol. The standard InChI is InChI=1S/C18H21FN2/c1-13-6-7-14-4-2-3-5-18(14)21(13)12-16-10-17(19)9-8-15(16)11-20/h2-5,8-10,13H,6-7,11-12,20H2,1H3. The van der Waals surface area contributed by atoms with Crippen molar-refractivity contribution in [2.45, 2.75) is 38.9 Å². The first-order valence-corrected chi connectivity index (χ1v) is 7.51. The van der Waals surface area contributed by atoms with E-state index in [9.17, 15) is 4.39 Å². The van der Waals surface area contributed by atoms with Gasteiger partial charge in [0.05, 0.1) is 0 Å². The van der Waals surface area contributed by atoms with Crippen LogP contribution in [0.5, 0.6) is 0 Å². The van der Waals surface area contributed by atoms with Crippen molar-refractivity contribution < 1.29 is 4.39 Å². The summed E-state index contributed by atoms with van der Waals surface area (Å²) in [6.45, 7) is 3.39. The molecule has 2 nitrogen and oxygen atoms in total.